The number of methoxy groups -OCH3 is 1. The largest absolute Gasteiger partial charge is 0.466 e. The van der Waals surface area contributed by atoms with Crippen molar-refractivity contribution >= 4 is 12.3 Å². The molecular formula is C17H20N2O7. The van der Waals surface area contributed by atoms with Crippen LogP contribution in [0.1, 0.15) is 25.5 Å². The van der Waals surface area contributed by atoms with Crippen molar-refractivity contribution in [3.63, 3.8) is 0 Å². The van der Waals surface area contributed by atoms with Gasteiger partial charge in [-0.05, 0) is 18.2 Å². The molecule has 26 heavy (non-hydrogen) atoms. The first kappa shape index (κ1) is 19.7. The van der Waals surface area contributed by atoms with Gasteiger partial charge >= 0.3 is 5.97 Å². The third-order valence-corrected chi connectivity index (χ3v) is 4.01. The Bertz CT molecular complexity index is 692. The highest BCUT2D eigenvalue weighted by atomic mass is 16.8. The molecule has 0 bridgehead atoms. The van der Waals surface area contributed by atoms with Gasteiger partial charge in [-0.3, -0.25) is 15.1 Å². The van der Waals surface area contributed by atoms with Crippen LogP contribution in [-0.4, -0.2) is 48.0 Å². The fraction of sp³-hybridized carbons (Fsp3) is 0.471. The van der Waals surface area contributed by atoms with Crippen molar-refractivity contribution in [2.45, 2.75) is 37.8 Å². The normalized spacial score (nSPS) is 25.7. The molecule has 0 radical (unpaired) electrons. The minimum Gasteiger partial charge on any atom is -0.466 e. The standard InChI is InChI=1S/C17H20N2O7/c1-3-17(15-6-4-5-8-18-15)25-13(14(11-20)26-17)10-12(16(21)24-2)7-9-19(22)23/h4-6,8,10-11,13-14H,3,7,9H2,1-2H3. The molecule has 1 aliphatic rings. The highest BCUT2D eigenvalue weighted by Crippen LogP contribution is 2.39. The van der Waals surface area contributed by atoms with Gasteiger partial charge in [0.2, 0.25) is 12.3 Å². The molecule has 0 spiro atoms. The Morgan fingerprint density at radius 2 is 2.15 bits per heavy atom. The van der Waals surface area contributed by atoms with E-state index in [-0.39, 0.29) is 12.0 Å². The van der Waals surface area contributed by atoms with E-state index >= 15 is 0 Å². The quantitative estimate of drug-likeness (QED) is 0.223. The van der Waals surface area contributed by atoms with Crippen LogP contribution in [0.5, 0.6) is 0 Å². The number of nitrogens with zero attached hydrogens (tertiary/aromatic N) is 2. The molecule has 0 N–H and O–H groups in total. The van der Waals surface area contributed by atoms with Crippen LogP contribution < -0.4 is 0 Å². The van der Waals surface area contributed by atoms with Crippen molar-refractivity contribution in [3.05, 3.63) is 51.9 Å². The monoisotopic (exact) mass is 364 g/mol. The van der Waals surface area contributed by atoms with Gasteiger partial charge in [-0.25, -0.2) is 4.79 Å². The van der Waals surface area contributed by atoms with Gasteiger partial charge in [-0.2, -0.15) is 0 Å². The number of aromatic nitrogens is 1. The molecule has 0 aliphatic carbocycles. The molecular weight excluding hydrogens is 344 g/mol. The number of pyridine rings is 1. The summed E-state index contributed by atoms with van der Waals surface area (Å²) in [6, 6.07) is 5.22. The first-order valence-corrected chi connectivity index (χ1v) is 8.09. The number of hydrogen-bond donors (Lipinski definition) is 0. The Hall–Kier alpha value is -2.65. The molecule has 140 valence electrons. The van der Waals surface area contributed by atoms with Crippen LogP contribution in [0.2, 0.25) is 0 Å². The number of rotatable bonds is 8. The molecule has 9 heteroatoms. The van der Waals surface area contributed by atoms with E-state index in [1.54, 1.807) is 24.4 Å². The molecule has 0 aromatic carbocycles. The Balaban J connectivity index is 2.32. The van der Waals surface area contributed by atoms with Crippen LogP contribution >= 0.6 is 0 Å². The number of hydrogen-bond acceptors (Lipinski definition) is 8. The zero-order valence-electron chi connectivity index (χ0n) is 14.5. The number of carbonyl (C=O) groups excluding carboxylic acids is 2. The lowest BCUT2D eigenvalue weighted by molar-refractivity contribution is -0.479. The van der Waals surface area contributed by atoms with Crippen LogP contribution in [0, 0.1) is 10.1 Å². The lowest BCUT2D eigenvalue weighted by Crippen LogP contribution is -2.28. The lowest BCUT2D eigenvalue weighted by atomic mass is 10.1. The fourth-order valence-corrected chi connectivity index (χ4v) is 2.69. The van der Waals surface area contributed by atoms with Gasteiger partial charge in [0.05, 0.1) is 12.8 Å². The van der Waals surface area contributed by atoms with Crippen molar-refractivity contribution < 1.29 is 28.7 Å². The van der Waals surface area contributed by atoms with Gasteiger partial charge in [0.15, 0.2) is 6.29 Å². The number of nitro groups is 1. The maximum absolute atomic E-state index is 11.9. The molecule has 3 atom stereocenters. The minimum absolute atomic E-state index is 0.0533. The number of esters is 1. The second kappa shape index (κ2) is 8.63. The summed E-state index contributed by atoms with van der Waals surface area (Å²) in [6.07, 6.45) is 1.87. The zero-order chi connectivity index (χ0) is 19.2. The Morgan fingerprint density at radius 3 is 2.69 bits per heavy atom. The summed E-state index contributed by atoms with van der Waals surface area (Å²) in [6.45, 7) is 1.37. The molecule has 9 nitrogen and oxygen atoms in total. The summed E-state index contributed by atoms with van der Waals surface area (Å²) in [7, 11) is 1.18. The summed E-state index contributed by atoms with van der Waals surface area (Å²) in [5.41, 5.74) is 0.549. The summed E-state index contributed by atoms with van der Waals surface area (Å²) in [4.78, 5) is 37.7. The molecule has 0 amide bonds. The minimum atomic E-state index is -1.24. The Labute approximate surface area is 150 Å². The number of ether oxygens (including phenoxy) is 3. The fourth-order valence-electron chi connectivity index (χ4n) is 2.69. The van der Waals surface area contributed by atoms with E-state index in [4.69, 9.17) is 9.47 Å². The van der Waals surface area contributed by atoms with Gasteiger partial charge in [-0.15, -0.1) is 0 Å². The smallest absolute Gasteiger partial charge is 0.333 e. The molecule has 2 rings (SSSR count). The van der Waals surface area contributed by atoms with Crippen LogP contribution in [0.25, 0.3) is 0 Å². The third-order valence-electron chi connectivity index (χ3n) is 4.01. The molecule has 1 aromatic heterocycles. The highest BCUT2D eigenvalue weighted by Gasteiger charge is 2.48. The topological polar surface area (TPSA) is 118 Å². The van der Waals surface area contributed by atoms with Gasteiger partial charge in [0.1, 0.15) is 12.2 Å². The molecule has 1 saturated heterocycles. The van der Waals surface area contributed by atoms with Gasteiger partial charge in [0, 0.05) is 29.5 Å². The highest BCUT2D eigenvalue weighted by molar-refractivity contribution is 5.88. The van der Waals surface area contributed by atoms with Crippen molar-refractivity contribution in [2.75, 3.05) is 13.7 Å². The average Bonchev–Trinajstić information content (AvgIpc) is 3.04. The summed E-state index contributed by atoms with van der Waals surface area (Å²) >= 11 is 0. The van der Waals surface area contributed by atoms with E-state index in [1.165, 1.54) is 13.2 Å². The van der Waals surface area contributed by atoms with E-state index < -0.39 is 35.4 Å². The maximum atomic E-state index is 11.9. The molecule has 0 saturated carbocycles. The predicted molar refractivity (Wildman–Crippen MR) is 88.6 cm³/mol. The number of carbonyl (C=O) groups is 2. The first-order valence-electron chi connectivity index (χ1n) is 8.09. The Kier molecular flexibility index (Phi) is 6.53. The van der Waals surface area contributed by atoms with Crippen molar-refractivity contribution in [3.8, 4) is 0 Å². The van der Waals surface area contributed by atoms with Gasteiger partial charge < -0.3 is 19.0 Å². The lowest BCUT2D eigenvalue weighted by Gasteiger charge is -2.25. The third kappa shape index (κ3) is 4.30. The second-order valence-corrected chi connectivity index (χ2v) is 5.61. The van der Waals surface area contributed by atoms with Crippen molar-refractivity contribution in [1.29, 1.82) is 0 Å². The van der Waals surface area contributed by atoms with Crippen molar-refractivity contribution in [2.24, 2.45) is 0 Å². The second-order valence-electron chi connectivity index (χ2n) is 5.61. The van der Waals surface area contributed by atoms with Crippen LogP contribution in [-0.2, 0) is 29.6 Å². The summed E-state index contributed by atoms with van der Waals surface area (Å²) in [5.74, 6) is -1.95. The van der Waals surface area contributed by atoms with Gasteiger partial charge in [-0.1, -0.05) is 13.0 Å². The van der Waals surface area contributed by atoms with Crippen molar-refractivity contribution in [1.82, 2.24) is 4.98 Å². The molecule has 1 aliphatic heterocycles. The average molecular weight is 364 g/mol. The summed E-state index contributed by atoms with van der Waals surface area (Å²) < 4.78 is 16.4. The van der Waals surface area contributed by atoms with E-state index in [2.05, 4.69) is 9.72 Å². The zero-order valence-corrected chi connectivity index (χ0v) is 14.5. The maximum Gasteiger partial charge on any atom is 0.333 e. The molecule has 1 aromatic rings. The summed E-state index contributed by atoms with van der Waals surface area (Å²) in [5, 5.41) is 10.6. The first-order chi connectivity index (χ1) is 12.5. The number of aldehydes is 1. The SMILES string of the molecule is CCC1(c2ccccn2)OC(C=O)C(C=C(CC[N+](=O)[O-])C(=O)OC)O1. The molecule has 1 fully saturated rings. The Morgan fingerprint density at radius 1 is 1.42 bits per heavy atom. The van der Waals surface area contributed by atoms with E-state index in [0.717, 1.165) is 0 Å². The van der Waals surface area contributed by atoms with E-state index in [1.807, 2.05) is 6.92 Å². The van der Waals surface area contributed by atoms with E-state index in [0.29, 0.717) is 18.4 Å². The van der Waals surface area contributed by atoms with Crippen LogP contribution in [0.4, 0.5) is 0 Å². The van der Waals surface area contributed by atoms with Crippen LogP contribution in [0.3, 0.4) is 0 Å². The van der Waals surface area contributed by atoms with E-state index in [9.17, 15) is 19.7 Å². The molecule has 3 unspecified atom stereocenters. The predicted octanol–water partition coefficient (Wildman–Crippen LogP) is 1.39. The molecule has 2 heterocycles. The van der Waals surface area contributed by atoms with Crippen LogP contribution in [0.15, 0.2) is 36.0 Å². The van der Waals surface area contributed by atoms with Gasteiger partial charge in [0.25, 0.3) is 0 Å².